The maximum absolute atomic E-state index is 6.26. The van der Waals surface area contributed by atoms with Crippen LogP contribution in [0.2, 0.25) is 5.02 Å². The van der Waals surface area contributed by atoms with Crippen LogP contribution in [0.5, 0.6) is 0 Å². The van der Waals surface area contributed by atoms with Crippen molar-refractivity contribution in [3.8, 4) is 0 Å². The Balaban J connectivity index is 1.69. The van der Waals surface area contributed by atoms with Crippen LogP contribution in [-0.2, 0) is 11.3 Å². The highest BCUT2D eigenvalue weighted by molar-refractivity contribution is 6.33. The van der Waals surface area contributed by atoms with Crippen molar-refractivity contribution >= 4 is 17.3 Å². The molecule has 0 saturated heterocycles. The van der Waals surface area contributed by atoms with E-state index in [4.69, 9.17) is 22.1 Å². The van der Waals surface area contributed by atoms with E-state index in [2.05, 4.69) is 20.8 Å². The van der Waals surface area contributed by atoms with Gasteiger partial charge < -0.3 is 10.5 Å². The lowest BCUT2D eigenvalue weighted by atomic mass is 9.70. The Kier molecular flexibility index (Phi) is 3.30. The zero-order valence-electron chi connectivity index (χ0n) is 12.6. The first-order valence-electron chi connectivity index (χ1n) is 7.50. The van der Waals surface area contributed by atoms with Gasteiger partial charge in [0.05, 0.1) is 23.4 Å². The molecule has 3 atom stereocenters. The SMILES string of the molecule is CC1(C)C2CCC1(C)C(OCc1ccc(Cl)c(N)c1)C2. The summed E-state index contributed by atoms with van der Waals surface area (Å²) >= 11 is 5.95. The largest absolute Gasteiger partial charge is 0.398 e. The Morgan fingerprint density at radius 3 is 2.65 bits per heavy atom. The number of hydrogen-bond acceptors (Lipinski definition) is 2. The van der Waals surface area contributed by atoms with E-state index in [0.717, 1.165) is 11.5 Å². The third-order valence-corrected chi connectivity index (χ3v) is 6.57. The van der Waals surface area contributed by atoms with Crippen LogP contribution in [0.1, 0.15) is 45.6 Å². The molecule has 0 radical (unpaired) electrons. The fraction of sp³-hybridized carbons (Fsp3) is 0.647. The Labute approximate surface area is 126 Å². The summed E-state index contributed by atoms with van der Waals surface area (Å²) in [5.74, 6) is 0.813. The maximum Gasteiger partial charge on any atom is 0.0721 e. The van der Waals surface area contributed by atoms with Crippen molar-refractivity contribution in [2.75, 3.05) is 5.73 Å². The Morgan fingerprint density at radius 2 is 2.10 bits per heavy atom. The second-order valence-corrected chi connectivity index (χ2v) is 7.67. The topological polar surface area (TPSA) is 35.2 Å². The summed E-state index contributed by atoms with van der Waals surface area (Å²) in [6.07, 6.45) is 4.22. The van der Waals surface area contributed by atoms with E-state index < -0.39 is 0 Å². The molecule has 1 aromatic rings. The van der Waals surface area contributed by atoms with Gasteiger partial charge in [-0.05, 0) is 53.7 Å². The minimum atomic E-state index is 0.315. The van der Waals surface area contributed by atoms with Crippen molar-refractivity contribution < 1.29 is 4.74 Å². The predicted octanol–water partition coefficient (Wildman–Crippen LogP) is 4.65. The molecule has 3 rings (SSSR count). The van der Waals surface area contributed by atoms with Gasteiger partial charge in [0, 0.05) is 0 Å². The second kappa shape index (κ2) is 4.64. The fourth-order valence-electron chi connectivity index (χ4n) is 4.26. The molecule has 2 bridgehead atoms. The van der Waals surface area contributed by atoms with Gasteiger partial charge in [-0.25, -0.2) is 0 Å². The summed E-state index contributed by atoms with van der Waals surface area (Å²) in [5.41, 5.74) is 8.30. The van der Waals surface area contributed by atoms with Gasteiger partial charge in [0.1, 0.15) is 0 Å². The molecule has 2 N–H and O–H groups in total. The molecule has 0 aliphatic heterocycles. The van der Waals surface area contributed by atoms with Gasteiger partial charge in [-0.3, -0.25) is 0 Å². The van der Waals surface area contributed by atoms with Gasteiger partial charge in [0.2, 0.25) is 0 Å². The lowest BCUT2D eigenvalue weighted by molar-refractivity contribution is -0.0550. The number of nitrogens with two attached hydrogens (primary N) is 1. The van der Waals surface area contributed by atoms with Crippen molar-refractivity contribution in [1.82, 2.24) is 0 Å². The zero-order chi connectivity index (χ0) is 14.5. The van der Waals surface area contributed by atoms with Gasteiger partial charge in [-0.1, -0.05) is 38.4 Å². The summed E-state index contributed by atoms with van der Waals surface area (Å²) in [6, 6.07) is 5.77. The molecule has 2 nitrogen and oxygen atoms in total. The van der Waals surface area contributed by atoms with E-state index in [1.165, 1.54) is 19.3 Å². The number of anilines is 1. The lowest BCUT2D eigenvalue weighted by Gasteiger charge is -2.39. The average molecular weight is 294 g/mol. The van der Waals surface area contributed by atoms with E-state index >= 15 is 0 Å². The average Bonchev–Trinajstić information content (AvgIpc) is 2.73. The van der Waals surface area contributed by atoms with E-state index in [9.17, 15) is 0 Å². The van der Waals surface area contributed by atoms with E-state index in [0.29, 0.717) is 34.3 Å². The standard InChI is InChI=1S/C17H24ClNO/c1-16(2)12-6-7-17(16,3)15(9-12)20-10-11-4-5-13(18)14(19)8-11/h4-5,8,12,15H,6-7,9-10,19H2,1-3H3. The van der Waals surface area contributed by atoms with Gasteiger partial charge in [-0.15, -0.1) is 0 Å². The number of rotatable bonds is 3. The number of hydrogen-bond donors (Lipinski definition) is 1. The summed E-state index contributed by atoms with van der Waals surface area (Å²) in [4.78, 5) is 0. The molecule has 0 aromatic heterocycles. The van der Waals surface area contributed by atoms with E-state index in [1.54, 1.807) is 0 Å². The summed E-state index contributed by atoms with van der Waals surface area (Å²) in [5, 5.41) is 0.613. The molecule has 0 heterocycles. The molecule has 2 saturated carbocycles. The second-order valence-electron chi connectivity index (χ2n) is 7.27. The van der Waals surface area contributed by atoms with Crippen LogP contribution < -0.4 is 5.73 Å². The van der Waals surface area contributed by atoms with Crippen molar-refractivity contribution in [3.63, 3.8) is 0 Å². The Bertz CT molecular complexity index is 528. The van der Waals surface area contributed by atoms with Gasteiger partial charge in [-0.2, -0.15) is 0 Å². The molecule has 0 amide bonds. The normalized spacial score (nSPS) is 34.6. The first-order valence-corrected chi connectivity index (χ1v) is 7.88. The van der Waals surface area contributed by atoms with Crippen LogP contribution in [-0.4, -0.2) is 6.10 Å². The third-order valence-electron chi connectivity index (χ3n) is 6.23. The predicted molar refractivity (Wildman–Crippen MR) is 83.7 cm³/mol. The lowest BCUT2D eigenvalue weighted by Crippen LogP contribution is -2.37. The van der Waals surface area contributed by atoms with Crippen molar-refractivity contribution in [3.05, 3.63) is 28.8 Å². The minimum Gasteiger partial charge on any atom is -0.398 e. The van der Waals surface area contributed by atoms with Crippen LogP contribution in [0.3, 0.4) is 0 Å². The maximum atomic E-state index is 6.26. The summed E-state index contributed by atoms with van der Waals surface area (Å²) < 4.78 is 6.26. The molecule has 2 fully saturated rings. The van der Waals surface area contributed by atoms with Crippen LogP contribution in [0.25, 0.3) is 0 Å². The minimum absolute atomic E-state index is 0.315. The zero-order valence-corrected chi connectivity index (χ0v) is 13.3. The van der Waals surface area contributed by atoms with Crippen molar-refractivity contribution in [2.45, 2.75) is 52.7 Å². The molecule has 3 heteroatoms. The van der Waals surface area contributed by atoms with Crippen LogP contribution in [0.4, 0.5) is 5.69 Å². The molecule has 3 unspecified atom stereocenters. The number of benzene rings is 1. The van der Waals surface area contributed by atoms with Gasteiger partial charge in [0.15, 0.2) is 0 Å². The summed E-state index contributed by atoms with van der Waals surface area (Å²) in [6.45, 7) is 7.86. The molecular weight excluding hydrogens is 270 g/mol. The quantitative estimate of drug-likeness (QED) is 0.823. The Morgan fingerprint density at radius 1 is 1.35 bits per heavy atom. The smallest absolute Gasteiger partial charge is 0.0721 e. The first-order chi connectivity index (χ1) is 9.34. The van der Waals surface area contributed by atoms with Gasteiger partial charge in [0.25, 0.3) is 0 Å². The molecule has 110 valence electrons. The number of ether oxygens (including phenoxy) is 1. The highest BCUT2D eigenvalue weighted by Gasteiger charge is 2.61. The molecule has 1 aromatic carbocycles. The molecule has 0 spiro atoms. The third kappa shape index (κ3) is 1.96. The van der Waals surface area contributed by atoms with Crippen LogP contribution >= 0.6 is 11.6 Å². The number of nitrogen functional groups attached to an aromatic ring is 1. The summed E-state index contributed by atoms with van der Waals surface area (Å²) in [7, 11) is 0. The molecule has 20 heavy (non-hydrogen) atoms. The Hall–Kier alpha value is -0.730. The van der Waals surface area contributed by atoms with Gasteiger partial charge >= 0.3 is 0 Å². The molecular formula is C17H24ClNO. The van der Waals surface area contributed by atoms with Crippen molar-refractivity contribution in [2.24, 2.45) is 16.7 Å². The highest BCUT2D eigenvalue weighted by atomic mass is 35.5. The number of halogens is 1. The molecule has 2 aliphatic rings. The monoisotopic (exact) mass is 293 g/mol. The van der Waals surface area contributed by atoms with Crippen LogP contribution in [0.15, 0.2) is 18.2 Å². The van der Waals surface area contributed by atoms with E-state index in [-0.39, 0.29) is 0 Å². The van der Waals surface area contributed by atoms with E-state index in [1.807, 2.05) is 18.2 Å². The first kappa shape index (κ1) is 14.2. The van der Waals surface area contributed by atoms with Crippen LogP contribution in [0, 0.1) is 16.7 Å². The number of fused-ring (bicyclic) bond motifs is 2. The van der Waals surface area contributed by atoms with Crippen molar-refractivity contribution in [1.29, 1.82) is 0 Å². The molecule has 2 aliphatic carbocycles. The fourth-order valence-corrected chi connectivity index (χ4v) is 4.38. The highest BCUT2D eigenvalue weighted by Crippen LogP contribution is 2.66.